The molecule has 0 aromatic heterocycles. The lowest BCUT2D eigenvalue weighted by molar-refractivity contribution is 0.643. The molecule has 2 heteroatoms. The van der Waals surface area contributed by atoms with Crippen molar-refractivity contribution in [3.05, 3.63) is 185 Å². The van der Waals surface area contributed by atoms with Gasteiger partial charge in [-0.15, -0.1) is 0 Å². The number of fused-ring (bicyclic) bond motifs is 8. The van der Waals surface area contributed by atoms with Gasteiger partial charge in [0.1, 0.15) is 0 Å². The van der Waals surface area contributed by atoms with E-state index in [1.807, 2.05) is 6.92 Å². The zero-order valence-electron chi connectivity index (χ0n) is 25.5. The summed E-state index contributed by atoms with van der Waals surface area (Å²) in [5.74, 6) is 0. The lowest BCUT2D eigenvalue weighted by Gasteiger charge is -2.34. The summed E-state index contributed by atoms with van der Waals surface area (Å²) in [5.41, 5.74) is 18.7. The molecule has 0 heterocycles. The average Bonchev–Trinajstić information content (AvgIpc) is 3.16. The van der Waals surface area contributed by atoms with Crippen LogP contribution in [0.25, 0.3) is 33.5 Å². The molecule has 2 nitrogen and oxygen atoms in total. The van der Waals surface area contributed by atoms with Crippen molar-refractivity contribution < 1.29 is 0 Å². The minimum absolute atomic E-state index is 0.0279. The molecular formula is C43H36N2. The number of nitrogens with two attached hydrogens (primary N) is 1. The van der Waals surface area contributed by atoms with E-state index in [1.54, 1.807) is 0 Å². The van der Waals surface area contributed by atoms with Crippen LogP contribution in [0.5, 0.6) is 0 Å². The highest BCUT2D eigenvalue weighted by atomic mass is 14.9. The van der Waals surface area contributed by atoms with Crippen molar-refractivity contribution in [1.82, 2.24) is 0 Å². The fourth-order valence-corrected chi connectivity index (χ4v) is 7.55. The number of hydrogen-bond acceptors (Lipinski definition) is 2. The van der Waals surface area contributed by atoms with E-state index in [0.29, 0.717) is 0 Å². The Balaban J connectivity index is 1.30. The molecule has 0 fully saturated rings. The van der Waals surface area contributed by atoms with E-state index in [9.17, 15) is 0 Å². The number of rotatable bonds is 4. The van der Waals surface area contributed by atoms with Crippen LogP contribution in [0, 0.1) is 0 Å². The summed E-state index contributed by atoms with van der Waals surface area (Å²) in [6.07, 6.45) is 20.9. The van der Waals surface area contributed by atoms with Gasteiger partial charge in [-0.3, -0.25) is 0 Å². The summed E-state index contributed by atoms with van der Waals surface area (Å²) in [7, 11) is 0. The topological polar surface area (TPSA) is 38.0 Å². The smallest absolute Gasteiger partial charge is 0.0640 e. The fourth-order valence-electron chi connectivity index (χ4n) is 7.55. The first-order chi connectivity index (χ1) is 22.1. The predicted octanol–water partition coefficient (Wildman–Crippen LogP) is 10.1. The highest BCUT2D eigenvalue weighted by Crippen LogP contribution is 2.57. The first-order valence-electron chi connectivity index (χ1n) is 15.9. The van der Waals surface area contributed by atoms with Gasteiger partial charge in [0.15, 0.2) is 0 Å². The standard InChI is InChI=1S/C43H36N2/c1-29(44)36-19-9-11-21-42(36)45-35-18-8-6-15-31(25-35)34-22-23-40-37(27-34)38-26-32-16-4-5-17-33(32)28-41(38)43(40)24-12-2-3-13-30-14-7-10-20-39(30)43/h2-23,25-29,35,45H,24,44H2,1H3/b12-2-,13-3-. The summed E-state index contributed by atoms with van der Waals surface area (Å²) in [6.45, 7) is 2.03. The molecule has 0 bridgehead atoms. The van der Waals surface area contributed by atoms with Crippen molar-refractivity contribution in [2.45, 2.75) is 30.8 Å². The van der Waals surface area contributed by atoms with E-state index in [0.717, 1.165) is 17.7 Å². The third-order valence-electron chi connectivity index (χ3n) is 9.65. The highest BCUT2D eigenvalue weighted by molar-refractivity contribution is 5.96. The fraction of sp³-hybridized carbons (Fsp3) is 0.116. The summed E-state index contributed by atoms with van der Waals surface area (Å²) < 4.78 is 0. The summed E-state index contributed by atoms with van der Waals surface area (Å²) >= 11 is 0. The van der Waals surface area contributed by atoms with E-state index < -0.39 is 0 Å². The van der Waals surface area contributed by atoms with E-state index in [-0.39, 0.29) is 17.5 Å². The van der Waals surface area contributed by atoms with Gasteiger partial charge in [-0.05, 0) is 98.5 Å². The van der Waals surface area contributed by atoms with Crippen LogP contribution in [0.4, 0.5) is 5.69 Å². The molecule has 3 unspecified atom stereocenters. The Kier molecular flexibility index (Phi) is 6.73. The van der Waals surface area contributed by atoms with Crippen LogP contribution in [0.2, 0.25) is 0 Å². The Labute approximate surface area is 265 Å². The molecular weight excluding hydrogens is 544 g/mol. The molecule has 45 heavy (non-hydrogen) atoms. The SMILES string of the molecule is CC(N)c1ccccc1NC1C=CC=CC(c2ccc3c(c2)-c2cc4ccccc4cc2C32C/C=C\C=C/c3ccccc32)=C1. The zero-order chi connectivity index (χ0) is 30.4. The minimum atomic E-state index is -0.271. The number of anilines is 1. The van der Waals surface area contributed by atoms with Gasteiger partial charge in [0.25, 0.3) is 0 Å². The van der Waals surface area contributed by atoms with Crippen LogP contribution in [0.3, 0.4) is 0 Å². The number of allylic oxidation sites excluding steroid dienone is 7. The molecule has 0 aliphatic heterocycles. The van der Waals surface area contributed by atoms with E-state index >= 15 is 0 Å². The number of nitrogens with one attached hydrogen (secondary N) is 1. The molecule has 8 rings (SSSR count). The average molecular weight is 581 g/mol. The van der Waals surface area contributed by atoms with Crippen molar-refractivity contribution in [1.29, 1.82) is 0 Å². The molecule has 0 saturated heterocycles. The third-order valence-corrected chi connectivity index (χ3v) is 9.65. The van der Waals surface area contributed by atoms with Crippen molar-refractivity contribution in [2.75, 3.05) is 5.32 Å². The number of para-hydroxylation sites is 1. The Morgan fingerprint density at radius 3 is 2.36 bits per heavy atom. The van der Waals surface area contributed by atoms with E-state index in [1.165, 1.54) is 55.3 Å². The van der Waals surface area contributed by atoms with E-state index in [4.69, 9.17) is 5.73 Å². The Morgan fingerprint density at radius 1 is 0.711 bits per heavy atom. The lowest BCUT2D eigenvalue weighted by Crippen LogP contribution is -2.27. The second-order valence-corrected chi connectivity index (χ2v) is 12.4. The number of benzene rings is 5. The van der Waals surface area contributed by atoms with Gasteiger partial charge in [0.05, 0.1) is 11.5 Å². The van der Waals surface area contributed by atoms with Crippen molar-refractivity contribution in [3.63, 3.8) is 0 Å². The highest BCUT2D eigenvalue weighted by Gasteiger charge is 2.45. The first-order valence-corrected chi connectivity index (χ1v) is 15.9. The molecule has 3 aliphatic rings. The lowest BCUT2D eigenvalue weighted by atomic mass is 9.68. The molecule has 5 aromatic carbocycles. The molecule has 0 saturated carbocycles. The maximum atomic E-state index is 6.31. The molecule has 1 spiro atoms. The Morgan fingerprint density at radius 2 is 1.47 bits per heavy atom. The predicted molar refractivity (Wildman–Crippen MR) is 191 cm³/mol. The van der Waals surface area contributed by atoms with Crippen molar-refractivity contribution in [3.8, 4) is 11.1 Å². The molecule has 3 atom stereocenters. The van der Waals surface area contributed by atoms with Crippen LogP contribution in [-0.4, -0.2) is 6.04 Å². The second kappa shape index (κ2) is 11.1. The zero-order valence-corrected chi connectivity index (χ0v) is 25.5. The Bertz CT molecular complexity index is 2100. The third kappa shape index (κ3) is 4.61. The second-order valence-electron chi connectivity index (χ2n) is 12.4. The normalized spacial score (nSPS) is 21.6. The summed E-state index contributed by atoms with van der Waals surface area (Å²) in [5, 5.41) is 6.29. The van der Waals surface area contributed by atoms with E-state index in [2.05, 4.69) is 163 Å². The molecule has 218 valence electrons. The quantitative estimate of drug-likeness (QED) is 0.222. The molecule has 3 aliphatic carbocycles. The maximum absolute atomic E-state index is 6.31. The van der Waals surface area contributed by atoms with Crippen molar-refractivity contribution in [2.24, 2.45) is 5.73 Å². The maximum Gasteiger partial charge on any atom is 0.0640 e. The van der Waals surface area contributed by atoms with Gasteiger partial charge >= 0.3 is 0 Å². The molecule has 5 aromatic rings. The number of hydrogen-bond donors (Lipinski definition) is 2. The van der Waals surface area contributed by atoms with Crippen molar-refractivity contribution >= 4 is 28.1 Å². The largest absolute Gasteiger partial charge is 0.375 e. The van der Waals surface area contributed by atoms with Gasteiger partial charge in [-0.2, -0.15) is 0 Å². The van der Waals surface area contributed by atoms with Crippen LogP contribution in [-0.2, 0) is 5.41 Å². The van der Waals surface area contributed by atoms with Crippen LogP contribution < -0.4 is 11.1 Å². The van der Waals surface area contributed by atoms with Gasteiger partial charge in [-0.25, -0.2) is 0 Å². The monoisotopic (exact) mass is 580 g/mol. The van der Waals surface area contributed by atoms with Gasteiger partial charge in [0.2, 0.25) is 0 Å². The molecule has 0 radical (unpaired) electrons. The Hall–Kier alpha value is -5.18. The van der Waals surface area contributed by atoms with Gasteiger partial charge < -0.3 is 11.1 Å². The van der Waals surface area contributed by atoms with Gasteiger partial charge in [-0.1, -0.05) is 134 Å². The molecule has 3 N–H and O–H groups in total. The van der Waals surface area contributed by atoms with Crippen LogP contribution in [0.15, 0.2) is 152 Å². The molecule has 0 amide bonds. The minimum Gasteiger partial charge on any atom is -0.375 e. The first kappa shape index (κ1) is 27.4. The van der Waals surface area contributed by atoms with Crippen LogP contribution >= 0.6 is 0 Å². The summed E-state index contributed by atoms with van der Waals surface area (Å²) in [6, 6.07) is 38.0. The van der Waals surface area contributed by atoms with Gasteiger partial charge in [0, 0.05) is 11.7 Å². The summed E-state index contributed by atoms with van der Waals surface area (Å²) in [4.78, 5) is 0. The van der Waals surface area contributed by atoms with Crippen LogP contribution in [0.1, 0.15) is 52.8 Å².